The van der Waals surface area contributed by atoms with Crippen LogP contribution in [0.3, 0.4) is 0 Å². The number of aromatic nitrogens is 3. The quantitative estimate of drug-likeness (QED) is 0.599. The van der Waals surface area contributed by atoms with Gasteiger partial charge in [-0.1, -0.05) is 54.6 Å². The molecule has 0 amide bonds. The molecule has 1 saturated heterocycles. The van der Waals surface area contributed by atoms with Crippen molar-refractivity contribution in [2.45, 2.75) is 25.3 Å². The van der Waals surface area contributed by atoms with Gasteiger partial charge in [0.05, 0.1) is 5.69 Å². The standard InChI is InChI=1S/C22H20N4O/c1-15-21(16-7-3-2-4-8-16)27-22(23-15)17-11-13-18(14-12-17)26-24-19-9-5-6-10-20(19)25-26/h2-15,21-23H,1H3/t15-,21-,22+/m0/s1. The van der Waals surface area contributed by atoms with Gasteiger partial charge in [-0.25, -0.2) is 0 Å². The first-order chi connectivity index (χ1) is 13.3. The highest BCUT2D eigenvalue weighted by molar-refractivity contribution is 5.73. The first-order valence-electron chi connectivity index (χ1n) is 9.17. The molecule has 0 spiro atoms. The smallest absolute Gasteiger partial charge is 0.135 e. The zero-order valence-electron chi connectivity index (χ0n) is 15.0. The molecule has 0 aliphatic carbocycles. The lowest BCUT2D eigenvalue weighted by molar-refractivity contribution is 0.0363. The van der Waals surface area contributed by atoms with Crippen molar-refractivity contribution < 1.29 is 4.74 Å². The Bertz CT molecular complexity index is 1030. The van der Waals surface area contributed by atoms with E-state index in [1.54, 1.807) is 4.80 Å². The first-order valence-corrected chi connectivity index (χ1v) is 9.17. The van der Waals surface area contributed by atoms with Gasteiger partial charge in [0.15, 0.2) is 0 Å². The van der Waals surface area contributed by atoms with Gasteiger partial charge in [0, 0.05) is 6.04 Å². The Morgan fingerprint density at radius 2 is 1.41 bits per heavy atom. The largest absolute Gasteiger partial charge is 0.350 e. The van der Waals surface area contributed by atoms with Crippen molar-refractivity contribution in [3.05, 3.63) is 90.0 Å². The molecule has 1 aliphatic heterocycles. The summed E-state index contributed by atoms with van der Waals surface area (Å²) >= 11 is 0. The van der Waals surface area contributed by atoms with Crippen molar-refractivity contribution in [2.24, 2.45) is 0 Å². The van der Waals surface area contributed by atoms with E-state index in [0.29, 0.717) is 0 Å². The van der Waals surface area contributed by atoms with Crippen LogP contribution in [0.5, 0.6) is 0 Å². The minimum atomic E-state index is -0.121. The molecule has 2 heterocycles. The van der Waals surface area contributed by atoms with Crippen LogP contribution in [0.2, 0.25) is 0 Å². The van der Waals surface area contributed by atoms with Gasteiger partial charge in [-0.15, -0.1) is 10.2 Å². The lowest BCUT2D eigenvalue weighted by Gasteiger charge is -2.14. The average Bonchev–Trinajstić information content (AvgIpc) is 3.32. The lowest BCUT2D eigenvalue weighted by Crippen LogP contribution is -2.23. The van der Waals surface area contributed by atoms with Crippen molar-refractivity contribution in [3.63, 3.8) is 0 Å². The summed E-state index contributed by atoms with van der Waals surface area (Å²) in [5, 5.41) is 12.6. The van der Waals surface area contributed by atoms with E-state index in [-0.39, 0.29) is 18.4 Å². The van der Waals surface area contributed by atoms with Gasteiger partial charge in [0.1, 0.15) is 23.4 Å². The third-order valence-electron chi connectivity index (χ3n) is 4.99. The summed E-state index contributed by atoms with van der Waals surface area (Å²) in [6.07, 6.45) is -0.0714. The van der Waals surface area contributed by atoms with Crippen LogP contribution in [0, 0.1) is 0 Å². The molecular formula is C22H20N4O. The lowest BCUT2D eigenvalue weighted by atomic mass is 10.0. The molecule has 1 aromatic heterocycles. The van der Waals surface area contributed by atoms with Gasteiger partial charge in [-0.2, -0.15) is 4.80 Å². The number of hydrogen-bond acceptors (Lipinski definition) is 4. The number of nitrogens with zero attached hydrogens (tertiary/aromatic N) is 3. The second-order valence-corrected chi connectivity index (χ2v) is 6.87. The van der Waals surface area contributed by atoms with Gasteiger partial charge >= 0.3 is 0 Å². The molecule has 1 N–H and O–H groups in total. The molecule has 27 heavy (non-hydrogen) atoms. The van der Waals surface area contributed by atoms with Crippen molar-refractivity contribution in [3.8, 4) is 5.69 Å². The summed E-state index contributed by atoms with van der Waals surface area (Å²) in [4.78, 5) is 1.67. The Kier molecular flexibility index (Phi) is 3.96. The molecule has 0 unspecified atom stereocenters. The molecule has 3 aromatic carbocycles. The molecule has 5 rings (SSSR count). The first kappa shape index (κ1) is 16.2. The summed E-state index contributed by atoms with van der Waals surface area (Å²) in [5.41, 5.74) is 5.01. The Hall–Kier alpha value is -3.02. The van der Waals surface area contributed by atoms with Gasteiger partial charge < -0.3 is 4.74 Å². The topological polar surface area (TPSA) is 52.0 Å². The number of ether oxygens (including phenoxy) is 1. The van der Waals surface area contributed by atoms with Crippen LogP contribution in [0.1, 0.15) is 30.4 Å². The zero-order valence-corrected chi connectivity index (χ0v) is 15.0. The van der Waals surface area contributed by atoms with Gasteiger partial charge in [0.25, 0.3) is 0 Å². The van der Waals surface area contributed by atoms with E-state index in [1.807, 2.05) is 42.5 Å². The maximum Gasteiger partial charge on any atom is 0.135 e. The average molecular weight is 356 g/mol. The molecular weight excluding hydrogens is 336 g/mol. The van der Waals surface area contributed by atoms with Crippen molar-refractivity contribution in [1.82, 2.24) is 20.3 Å². The van der Waals surface area contributed by atoms with Crippen LogP contribution in [-0.4, -0.2) is 21.0 Å². The molecule has 0 radical (unpaired) electrons. The predicted molar refractivity (Wildman–Crippen MR) is 104 cm³/mol. The normalized spacial score (nSPS) is 22.3. The molecule has 5 heteroatoms. The summed E-state index contributed by atoms with van der Waals surface area (Å²) in [6, 6.07) is 26.7. The van der Waals surface area contributed by atoms with Crippen LogP contribution >= 0.6 is 0 Å². The second-order valence-electron chi connectivity index (χ2n) is 6.87. The summed E-state index contributed by atoms with van der Waals surface area (Å²) in [7, 11) is 0. The summed E-state index contributed by atoms with van der Waals surface area (Å²) in [6.45, 7) is 2.16. The second kappa shape index (κ2) is 6.61. The van der Waals surface area contributed by atoms with Gasteiger partial charge in [0.2, 0.25) is 0 Å². The third-order valence-corrected chi connectivity index (χ3v) is 4.99. The Balaban J connectivity index is 1.37. The number of rotatable bonds is 3. The van der Waals surface area contributed by atoms with Crippen molar-refractivity contribution in [2.75, 3.05) is 0 Å². The molecule has 134 valence electrons. The van der Waals surface area contributed by atoms with Crippen molar-refractivity contribution in [1.29, 1.82) is 0 Å². The summed E-state index contributed by atoms with van der Waals surface area (Å²) in [5.74, 6) is 0. The number of hydrogen-bond donors (Lipinski definition) is 1. The van der Waals surface area contributed by atoms with Gasteiger partial charge in [-0.3, -0.25) is 5.32 Å². The SMILES string of the molecule is C[C@@H]1N[C@@H](c2ccc(-n3nc4ccccc4n3)cc2)O[C@@H]1c1ccccc1. The van der Waals surface area contributed by atoms with E-state index >= 15 is 0 Å². The molecule has 5 nitrogen and oxygen atoms in total. The minimum Gasteiger partial charge on any atom is -0.350 e. The highest BCUT2D eigenvalue weighted by Gasteiger charge is 2.33. The fourth-order valence-electron chi connectivity index (χ4n) is 3.57. The maximum absolute atomic E-state index is 6.29. The molecule has 0 bridgehead atoms. The zero-order chi connectivity index (χ0) is 18.2. The van der Waals surface area contributed by atoms with Crippen LogP contribution in [0.15, 0.2) is 78.9 Å². The van der Waals surface area contributed by atoms with E-state index < -0.39 is 0 Å². The fraction of sp³-hybridized carbons (Fsp3) is 0.182. The Morgan fingerprint density at radius 3 is 2.07 bits per heavy atom. The third kappa shape index (κ3) is 3.01. The van der Waals surface area contributed by atoms with Crippen LogP contribution in [-0.2, 0) is 4.74 Å². The monoisotopic (exact) mass is 356 g/mol. The van der Waals surface area contributed by atoms with E-state index in [4.69, 9.17) is 4.74 Å². The predicted octanol–water partition coefficient (Wildman–Crippen LogP) is 4.17. The number of fused-ring (bicyclic) bond motifs is 1. The van der Waals surface area contributed by atoms with Crippen LogP contribution < -0.4 is 5.32 Å². The highest BCUT2D eigenvalue weighted by Crippen LogP contribution is 2.34. The number of nitrogens with one attached hydrogen (secondary N) is 1. The van der Waals surface area contributed by atoms with Crippen molar-refractivity contribution >= 4 is 11.0 Å². The van der Waals surface area contributed by atoms with E-state index in [1.165, 1.54) is 5.56 Å². The van der Waals surface area contributed by atoms with E-state index in [0.717, 1.165) is 22.3 Å². The Morgan fingerprint density at radius 1 is 0.778 bits per heavy atom. The molecule has 1 aliphatic rings. The molecule has 4 aromatic rings. The Labute approximate surface area is 157 Å². The fourth-order valence-corrected chi connectivity index (χ4v) is 3.57. The van der Waals surface area contributed by atoms with E-state index in [9.17, 15) is 0 Å². The summed E-state index contributed by atoms with van der Waals surface area (Å²) < 4.78 is 6.29. The minimum absolute atomic E-state index is 0.0500. The maximum atomic E-state index is 6.29. The molecule has 0 saturated carbocycles. The number of benzene rings is 3. The molecule has 3 atom stereocenters. The van der Waals surface area contributed by atoms with E-state index in [2.05, 4.69) is 58.8 Å². The van der Waals surface area contributed by atoms with Crippen LogP contribution in [0.4, 0.5) is 0 Å². The van der Waals surface area contributed by atoms with Gasteiger partial charge in [-0.05, 0) is 42.3 Å². The molecule has 1 fully saturated rings. The van der Waals surface area contributed by atoms with Crippen LogP contribution in [0.25, 0.3) is 16.7 Å². The highest BCUT2D eigenvalue weighted by atomic mass is 16.5.